The van der Waals surface area contributed by atoms with Crippen LogP contribution in [-0.4, -0.2) is 20.9 Å². The number of hydrogen-bond donors (Lipinski definition) is 2. The van der Waals surface area contributed by atoms with E-state index in [4.69, 9.17) is 0 Å². The van der Waals surface area contributed by atoms with Crippen molar-refractivity contribution in [2.24, 2.45) is 0 Å². The first-order valence-electron chi connectivity index (χ1n) is 6.51. The zero-order valence-electron chi connectivity index (χ0n) is 11.6. The van der Waals surface area contributed by atoms with E-state index in [2.05, 4.69) is 26.0 Å². The summed E-state index contributed by atoms with van der Waals surface area (Å²) in [4.78, 5) is 11.7. The van der Waals surface area contributed by atoms with Crippen LogP contribution in [0.1, 0.15) is 5.56 Å². The maximum absolute atomic E-state index is 12.0. The maximum Gasteiger partial charge on any atom is 0.239 e. The van der Waals surface area contributed by atoms with E-state index in [0.29, 0.717) is 11.3 Å². The van der Waals surface area contributed by atoms with Gasteiger partial charge in [-0.1, -0.05) is 46.3 Å². The molecular formula is C15H15BrN2O3S. The largest absolute Gasteiger partial charge is 0.325 e. The van der Waals surface area contributed by atoms with Crippen LogP contribution >= 0.6 is 15.9 Å². The van der Waals surface area contributed by atoms with E-state index in [1.54, 1.807) is 42.5 Å². The molecule has 2 N–H and O–H groups in total. The van der Waals surface area contributed by atoms with Gasteiger partial charge in [0.25, 0.3) is 0 Å². The van der Waals surface area contributed by atoms with Gasteiger partial charge >= 0.3 is 0 Å². The normalized spacial score (nSPS) is 11.1. The molecule has 2 aromatic rings. The van der Waals surface area contributed by atoms with Gasteiger partial charge in [0.05, 0.1) is 12.3 Å². The molecule has 0 atom stereocenters. The molecule has 0 aromatic heterocycles. The number of nitrogens with one attached hydrogen (secondary N) is 2. The smallest absolute Gasteiger partial charge is 0.239 e. The molecule has 0 spiro atoms. The van der Waals surface area contributed by atoms with Gasteiger partial charge in [0.2, 0.25) is 15.9 Å². The van der Waals surface area contributed by atoms with Crippen molar-refractivity contribution in [3.8, 4) is 0 Å². The molecule has 7 heteroatoms. The number of rotatable bonds is 6. The highest BCUT2D eigenvalue weighted by Crippen LogP contribution is 2.13. The molecule has 22 heavy (non-hydrogen) atoms. The summed E-state index contributed by atoms with van der Waals surface area (Å²) in [5, 5.41) is 2.61. The summed E-state index contributed by atoms with van der Waals surface area (Å²) in [6, 6.07) is 15.9. The fourth-order valence-corrected chi connectivity index (χ4v) is 3.32. The lowest BCUT2D eigenvalue weighted by atomic mass is 10.2. The second kappa shape index (κ2) is 7.53. The van der Waals surface area contributed by atoms with Crippen LogP contribution in [0.2, 0.25) is 0 Å². The summed E-state index contributed by atoms with van der Waals surface area (Å²) < 4.78 is 27.0. The molecular weight excluding hydrogens is 368 g/mol. The third kappa shape index (κ3) is 5.59. The number of carbonyl (C=O) groups excluding carboxylic acids is 1. The van der Waals surface area contributed by atoms with Crippen LogP contribution in [0.3, 0.4) is 0 Å². The van der Waals surface area contributed by atoms with Gasteiger partial charge in [0.15, 0.2) is 0 Å². The summed E-state index contributed by atoms with van der Waals surface area (Å²) in [6.07, 6.45) is 0. The number of halogens is 1. The maximum atomic E-state index is 12.0. The predicted octanol–water partition coefficient (Wildman–Crippen LogP) is 2.51. The van der Waals surface area contributed by atoms with E-state index in [-0.39, 0.29) is 12.3 Å². The minimum Gasteiger partial charge on any atom is -0.325 e. The number of sulfonamides is 1. The van der Waals surface area contributed by atoms with Crippen molar-refractivity contribution in [3.63, 3.8) is 0 Å². The number of para-hydroxylation sites is 1. The van der Waals surface area contributed by atoms with E-state index in [9.17, 15) is 13.2 Å². The second-order valence-corrected chi connectivity index (χ2v) is 7.35. The topological polar surface area (TPSA) is 75.3 Å². The molecule has 116 valence electrons. The molecule has 0 bridgehead atoms. The molecule has 2 aromatic carbocycles. The van der Waals surface area contributed by atoms with Crippen LogP contribution in [0.25, 0.3) is 0 Å². The van der Waals surface area contributed by atoms with Crippen molar-refractivity contribution in [1.82, 2.24) is 4.72 Å². The minimum atomic E-state index is -3.57. The summed E-state index contributed by atoms with van der Waals surface area (Å²) in [5.74, 6) is -0.588. The van der Waals surface area contributed by atoms with E-state index >= 15 is 0 Å². The average Bonchev–Trinajstić information content (AvgIpc) is 2.46. The Morgan fingerprint density at radius 1 is 1.05 bits per heavy atom. The standard InChI is InChI=1S/C15H15BrN2O3S/c16-13-6-4-5-12(9-13)11-22(20,21)17-10-15(19)18-14-7-2-1-3-8-14/h1-9,17H,10-11H2,(H,18,19). The molecule has 0 fully saturated rings. The van der Waals surface area contributed by atoms with Crippen LogP contribution < -0.4 is 10.0 Å². The van der Waals surface area contributed by atoms with Gasteiger partial charge in [-0.2, -0.15) is 0 Å². The number of carbonyl (C=O) groups is 1. The molecule has 2 rings (SSSR count). The summed E-state index contributed by atoms with van der Waals surface area (Å²) in [7, 11) is -3.57. The third-order valence-corrected chi connectivity index (χ3v) is 4.55. The Morgan fingerprint density at radius 3 is 2.45 bits per heavy atom. The number of anilines is 1. The molecule has 0 heterocycles. The highest BCUT2D eigenvalue weighted by atomic mass is 79.9. The first-order valence-corrected chi connectivity index (χ1v) is 8.96. The first kappa shape index (κ1) is 16.7. The van der Waals surface area contributed by atoms with Crippen LogP contribution in [0.4, 0.5) is 5.69 Å². The highest BCUT2D eigenvalue weighted by Gasteiger charge is 2.13. The van der Waals surface area contributed by atoms with Crippen molar-refractivity contribution >= 4 is 37.5 Å². The van der Waals surface area contributed by atoms with Gasteiger partial charge < -0.3 is 5.32 Å². The Balaban J connectivity index is 1.88. The van der Waals surface area contributed by atoms with E-state index in [1.807, 2.05) is 12.1 Å². The van der Waals surface area contributed by atoms with E-state index in [1.165, 1.54) is 0 Å². The van der Waals surface area contributed by atoms with Gasteiger partial charge in [0.1, 0.15) is 0 Å². The van der Waals surface area contributed by atoms with Gasteiger partial charge in [-0.15, -0.1) is 0 Å². The third-order valence-electron chi connectivity index (χ3n) is 2.76. The average molecular weight is 383 g/mol. The van der Waals surface area contributed by atoms with Crippen LogP contribution in [0.15, 0.2) is 59.1 Å². The van der Waals surface area contributed by atoms with Crippen LogP contribution in [0, 0.1) is 0 Å². The van der Waals surface area contributed by atoms with Gasteiger partial charge in [-0.25, -0.2) is 13.1 Å². The lowest BCUT2D eigenvalue weighted by molar-refractivity contribution is -0.115. The Morgan fingerprint density at radius 2 is 1.77 bits per heavy atom. The van der Waals surface area contributed by atoms with Gasteiger partial charge in [-0.05, 0) is 29.8 Å². The summed E-state index contributed by atoms with van der Waals surface area (Å²) in [6.45, 7) is -0.300. The molecule has 5 nitrogen and oxygen atoms in total. The Kier molecular flexibility index (Phi) is 5.70. The van der Waals surface area contributed by atoms with Gasteiger partial charge in [0, 0.05) is 10.2 Å². The second-order valence-electron chi connectivity index (χ2n) is 4.62. The molecule has 0 aliphatic carbocycles. The van der Waals surface area contributed by atoms with Crippen molar-refractivity contribution in [2.45, 2.75) is 5.75 Å². The molecule has 1 amide bonds. The van der Waals surface area contributed by atoms with Crippen molar-refractivity contribution in [1.29, 1.82) is 0 Å². The van der Waals surface area contributed by atoms with Gasteiger partial charge in [-0.3, -0.25) is 4.79 Å². The molecule has 0 aliphatic rings. The first-order chi connectivity index (χ1) is 10.4. The molecule has 0 aliphatic heterocycles. The minimum absolute atomic E-state index is 0.176. The monoisotopic (exact) mass is 382 g/mol. The highest BCUT2D eigenvalue weighted by molar-refractivity contribution is 9.10. The lowest BCUT2D eigenvalue weighted by Gasteiger charge is -2.08. The Hall–Kier alpha value is -1.70. The van der Waals surface area contributed by atoms with Crippen LogP contribution in [0.5, 0.6) is 0 Å². The number of amides is 1. The lowest BCUT2D eigenvalue weighted by Crippen LogP contribution is -2.33. The fraction of sp³-hybridized carbons (Fsp3) is 0.133. The van der Waals surface area contributed by atoms with Crippen molar-refractivity contribution < 1.29 is 13.2 Å². The van der Waals surface area contributed by atoms with E-state index in [0.717, 1.165) is 4.47 Å². The molecule has 0 unspecified atom stereocenters. The Labute approximate surface area is 137 Å². The van der Waals surface area contributed by atoms with Crippen molar-refractivity contribution in [3.05, 3.63) is 64.6 Å². The summed E-state index contributed by atoms with van der Waals surface area (Å²) in [5.41, 5.74) is 1.27. The summed E-state index contributed by atoms with van der Waals surface area (Å²) >= 11 is 3.29. The molecule has 0 radical (unpaired) electrons. The fourth-order valence-electron chi connectivity index (χ4n) is 1.80. The van der Waals surface area contributed by atoms with Crippen molar-refractivity contribution in [2.75, 3.05) is 11.9 Å². The molecule has 0 saturated heterocycles. The molecule has 0 saturated carbocycles. The zero-order valence-corrected chi connectivity index (χ0v) is 14.0. The Bertz CT molecular complexity index is 748. The number of hydrogen-bond acceptors (Lipinski definition) is 3. The quantitative estimate of drug-likeness (QED) is 0.805. The number of benzene rings is 2. The van der Waals surface area contributed by atoms with Crippen LogP contribution in [-0.2, 0) is 20.6 Å². The zero-order chi connectivity index (χ0) is 16.0. The van der Waals surface area contributed by atoms with E-state index < -0.39 is 15.9 Å². The predicted molar refractivity (Wildman–Crippen MR) is 89.8 cm³/mol. The SMILES string of the molecule is O=C(CNS(=O)(=O)Cc1cccc(Br)c1)Nc1ccccc1.